The molecule has 10 heteroatoms. The van der Waals surface area contributed by atoms with Crippen LogP contribution in [0.15, 0.2) is 30.3 Å². The summed E-state index contributed by atoms with van der Waals surface area (Å²) in [5.74, 6) is -2.63. The average Bonchev–Trinajstić information content (AvgIpc) is 3.16. The largest absolute Gasteiger partial charge is 0.451 e. The molecule has 0 radical (unpaired) electrons. The number of anilines is 1. The summed E-state index contributed by atoms with van der Waals surface area (Å²) in [7, 11) is 0. The second-order valence-corrected chi connectivity index (χ2v) is 5.01. The van der Waals surface area contributed by atoms with E-state index in [1.54, 1.807) is 5.10 Å². The molecule has 2 atom stereocenters. The van der Waals surface area contributed by atoms with E-state index in [-0.39, 0.29) is 6.04 Å². The van der Waals surface area contributed by atoms with E-state index in [0.717, 1.165) is 5.56 Å². The fourth-order valence-electron chi connectivity index (χ4n) is 2.36. The summed E-state index contributed by atoms with van der Waals surface area (Å²) in [6, 6.07) is 8.97. The molecule has 1 amide bonds. The van der Waals surface area contributed by atoms with E-state index in [1.807, 2.05) is 30.3 Å². The standard InChI is InChI=1S/C13H13F3N6O/c14-13(15,16)11-19-12(22-21-11)18-10(23)8-6-17-20-9(8)7-4-2-1-3-5-7/h1-5,8-9,17,20H,6H2,(H2,18,19,21,22,23). The zero-order chi connectivity index (χ0) is 16.4. The van der Waals surface area contributed by atoms with E-state index in [0.29, 0.717) is 6.54 Å². The maximum absolute atomic E-state index is 12.5. The molecule has 7 nitrogen and oxygen atoms in total. The average molecular weight is 326 g/mol. The normalized spacial score (nSPS) is 21.3. The van der Waals surface area contributed by atoms with Crippen LogP contribution in [0, 0.1) is 5.92 Å². The lowest BCUT2D eigenvalue weighted by Gasteiger charge is -2.17. The van der Waals surface area contributed by atoms with E-state index in [1.165, 1.54) is 0 Å². The van der Waals surface area contributed by atoms with Gasteiger partial charge in [-0.05, 0) is 5.56 Å². The van der Waals surface area contributed by atoms with Gasteiger partial charge < -0.3 is 0 Å². The number of H-pyrrole nitrogens is 1. The fourth-order valence-corrected chi connectivity index (χ4v) is 2.36. The molecule has 1 saturated heterocycles. The van der Waals surface area contributed by atoms with Gasteiger partial charge in [0.05, 0.1) is 12.0 Å². The minimum absolute atomic E-state index is 0.294. The van der Waals surface area contributed by atoms with Gasteiger partial charge >= 0.3 is 6.18 Å². The Morgan fingerprint density at radius 1 is 1.26 bits per heavy atom. The third kappa shape index (κ3) is 3.32. The first-order chi connectivity index (χ1) is 10.9. The lowest BCUT2D eigenvalue weighted by atomic mass is 9.94. The molecule has 1 fully saturated rings. The topological polar surface area (TPSA) is 94.7 Å². The fraction of sp³-hybridized carbons (Fsp3) is 0.308. The molecule has 1 aromatic heterocycles. The van der Waals surface area contributed by atoms with Crippen LogP contribution >= 0.6 is 0 Å². The third-order valence-corrected chi connectivity index (χ3v) is 3.47. The molecular weight excluding hydrogens is 313 g/mol. The number of hydrogen-bond donors (Lipinski definition) is 4. The van der Waals surface area contributed by atoms with Crippen molar-refractivity contribution in [2.45, 2.75) is 12.2 Å². The molecule has 2 heterocycles. The summed E-state index contributed by atoms with van der Waals surface area (Å²) in [6.07, 6.45) is -4.64. The summed E-state index contributed by atoms with van der Waals surface area (Å²) < 4.78 is 37.4. The minimum Gasteiger partial charge on any atom is -0.293 e. The van der Waals surface area contributed by atoms with Crippen molar-refractivity contribution in [3.8, 4) is 0 Å². The number of hydrazine groups is 1. The Morgan fingerprint density at radius 3 is 2.65 bits per heavy atom. The number of nitrogens with zero attached hydrogens (tertiary/aromatic N) is 2. The second-order valence-electron chi connectivity index (χ2n) is 5.01. The molecule has 0 spiro atoms. The summed E-state index contributed by atoms with van der Waals surface area (Å²) in [4.78, 5) is 15.5. The van der Waals surface area contributed by atoms with Crippen LogP contribution in [0.25, 0.3) is 0 Å². The number of carbonyl (C=O) groups is 1. The molecular formula is C13H13F3N6O. The summed E-state index contributed by atoms with van der Waals surface area (Å²) in [5.41, 5.74) is 6.75. The van der Waals surface area contributed by atoms with Gasteiger partial charge in [-0.3, -0.25) is 20.6 Å². The lowest BCUT2D eigenvalue weighted by Crippen LogP contribution is -2.30. The third-order valence-electron chi connectivity index (χ3n) is 3.47. The Morgan fingerprint density at radius 2 is 2.00 bits per heavy atom. The minimum atomic E-state index is -4.64. The highest BCUT2D eigenvalue weighted by Gasteiger charge is 2.37. The molecule has 0 aliphatic carbocycles. The Kier molecular flexibility index (Phi) is 4.01. The zero-order valence-electron chi connectivity index (χ0n) is 11.7. The Hall–Kier alpha value is -2.46. The first-order valence-electron chi connectivity index (χ1n) is 6.79. The first kappa shape index (κ1) is 15.4. The van der Waals surface area contributed by atoms with Gasteiger partial charge in [0.2, 0.25) is 17.7 Å². The van der Waals surface area contributed by atoms with Crippen LogP contribution in [0.4, 0.5) is 19.1 Å². The molecule has 1 aliphatic heterocycles. The highest BCUT2D eigenvalue weighted by molar-refractivity contribution is 5.92. The number of carbonyl (C=O) groups excluding carboxylic acids is 1. The van der Waals surface area contributed by atoms with Crippen molar-refractivity contribution in [2.24, 2.45) is 5.92 Å². The van der Waals surface area contributed by atoms with Crippen molar-refractivity contribution >= 4 is 11.9 Å². The van der Waals surface area contributed by atoms with Gasteiger partial charge in [-0.15, -0.1) is 5.10 Å². The van der Waals surface area contributed by atoms with Crippen LogP contribution in [0.2, 0.25) is 0 Å². The van der Waals surface area contributed by atoms with Gasteiger partial charge in [-0.25, -0.2) is 5.43 Å². The van der Waals surface area contributed by atoms with Crippen LogP contribution in [-0.4, -0.2) is 27.6 Å². The maximum atomic E-state index is 12.5. The maximum Gasteiger partial charge on any atom is 0.451 e. The molecule has 122 valence electrons. The van der Waals surface area contributed by atoms with Gasteiger partial charge in [-0.2, -0.15) is 18.2 Å². The van der Waals surface area contributed by atoms with E-state index >= 15 is 0 Å². The van der Waals surface area contributed by atoms with Crippen LogP contribution in [-0.2, 0) is 11.0 Å². The molecule has 0 bridgehead atoms. The quantitative estimate of drug-likeness (QED) is 0.680. The van der Waals surface area contributed by atoms with Gasteiger partial charge in [-0.1, -0.05) is 30.3 Å². The predicted octanol–water partition coefficient (Wildman–Crippen LogP) is 1.23. The molecule has 23 heavy (non-hydrogen) atoms. The zero-order valence-corrected chi connectivity index (χ0v) is 11.7. The molecule has 2 unspecified atom stereocenters. The number of aromatic amines is 1. The monoisotopic (exact) mass is 326 g/mol. The summed E-state index contributed by atoms with van der Waals surface area (Å²) >= 11 is 0. The van der Waals surface area contributed by atoms with Crippen molar-refractivity contribution in [1.82, 2.24) is 26.0 Å². The number of nitrogens with one attached hydrogen (secondary N) is 4. The van der Waals surface area contributed by atoms with Gasteiger partial charge in [0, 0.05) is 6.54 Å². The lowest BCUT2D eigenvalue weighted by molar-refractivity contribution is -0.144. The molecule has 1 aliphatic rings. The van der Waals surface area contributed by atoms with Crippen LogP contribution in [0.3, 0.4) is 0 Å². The number of alkyl halides is 3. The van der Waals surface area contributed by atoms with E-state index < -0.39 is 29.8 Å². The number of amides is 1. The Bertz CT molecular complexity index is 687. The predicted molar refractivity (Wildman–Crippen MR) is 73.8 cm³/mol. The van der Waals surface area contributed by atoms with E-state index in [4.69, 9.17) is 0 Å². The van der Waals surface area contributed by atoms with E-state index in [9.17, 15) is 18.0 Å². The first-order valence-corrected chi connectivity index (χ1v) is 6.79. The van der Waals surface area contributed by atoms with Crippen molar-refractivity contribution in [2.75, 3.05) is 11.9 Å². The van der Waals surface area contributed by atoms with Crippen LogP contribution in [0.1, 0.15) is 17.4 Å². The molecule has 3 rings (SSSR count). The summed E-state index contributed by atoms with van der Waals surface area (Å²) in [5, 5.41) is 7.42. The van der Waals surface area contributed by atoms with Crippen molar-refractivity contribution in [3.05, 3.63) is 41.7 Å². The Labute approximate surface area is 128 Å². The van der Waals surface area contributed by atoms with Crippen LogP contribution in [0.5, 0.6) is 0 Å². The van der Waals surface area contributed by atoms with Crippen molar-refractivity contribution in [1.29, 1.82) is 0 Å². The molecule has 4 N–H and O–H groups in total. The molecule has 0 saturated carbocycles. The number of benzene rings is 1. The second kappa shape index (κ2) is 5.97. The van der Waals surface area contributed by atoms with Crippen molar-refractivity contribution < 1.29 is 18.0 Å². The van der Waals surface area contributed by atoms with E-state index in [2.05, 4.69) is 26.3 Å². The smallest absolute Gasteiger partial charge is 0.293 e. The van der Waals surface area contributed by atoms with Gasteiger partial charge in [0.1, 0.15) is 0 Å². The van der Waals surface area contributed by atoms with Gasteiger partial charge in [0.25, 0.3) is 0 Å². The van der Waals surface area contributed by atoms with Gasteiger partial charge in [0.15, 0.2) is 0 Å². The number of hydrogen-bond acceptors (Lipinski definition) is 5. The van der Waals surface area contributed by atoms with Crippen LogP contribution < -0.4 is 16.2 Å². The Balaban J connectivity index is 1.71. The highest BCUT2D eigenvalue weighted by Crippen LogP contribution is 2.27. The molecule has 1 aromatic carbocycles. The van der Waals surface area contributed by atoms with Crippen molar-refractivity contribution in [3.63, 3.8) is 0 Å². The summed E-state index contributed by atoms with van der Waals surface area (Å²) in [6.45, 7) is 0.335. The number of rotatable bonds is 3. The molecule has 2 aromatic rings. The number of aromatic nitrogens is 3. The SMILES string of the molecule is O=C(Nc1n[nH]c(C(F)(F)F)n1)C1CNNC1c1ccccc1. The number of halogens is 3. The highest BCUT2D eigenvalue weighted by atomic mass is 19.4.